The van der Waals surface area contributed by atoms with Crippen molar-refractivity contribution in [3.8, 4) is 0 Å². The lowest BCUT2D eigenvalue weighted by Gasteiger charge is -2.53. The molecule has 3 aliphatic carbocycles. The van der Waals surface area contributed by atoms with Crippen molar-refractivity contribution in [3.63, 3.8) is 0 Å². The molecule has 0 saturated heterocycles. The number of hydrogen-bond acceptors (Lipinski definition) is 3. The largest absolute Gasteiger partial charge is 0.455 e. The zero-order valence-corrected chi connectivity index (χ0v) is 16.0. The van der Waals surface area contributed by atoms with Gasteiger partial charge in [0, 0.05) is 18.6 Å². The summed E-state index contributed by atoms with van der Waals surface area (Å²) in [6.07, 6.45) is -1.94. The maximum absolute atomic E-state index is 14.1. The fraction of sp³-hybridized carbons (Fsp3) is 0.571. The van der Waals surface area contributed by atoms with E-state index in [1.165, 1.54) is 24.3 Å². The average Bonchev–Trinajstić information content (AvgIpc) is 2.81. The lowest BCUT2D eigenvalue weighted by molar-refractivity contribution is -0.279. The molecule has 0 unspecified atom stereocenters. The van der Waals surface area contributed by atoms with Crippen LogP contribution in [0.15, 0.2) is 42.0 Å². The smallest absolute Gasteiger partial charge is 0.432 e. The summed E-state index contributed by atoms with van der Waals surface area (Å²) >= 11 is 0. The number of carbonyl (C=O) groups is 1. The molecule has 0 N–H and O–H groups in total. The molecule has 2 bridgehead atoms. The average molecular weight is 382 g/mol. The maximum Gasteiger partial charge on any atom is 0.432 e. The Labute approximate surface area is 157 Å². The Morgan fingerprint density at radius 2 is 1.81 bits per heavy atom. The van der Waals surface area contributed by atoms with Crippen molar-refractivity contribution in [1.29, 1.82) is 0 Å². The number of alkyl halides is 3. The van der Waals surface area contributed by atoms with Crippen molar-refractivity contribution in [2.45, 2.75) is 51.5 Å². The maximum atomic E-state index is 14.1. The van der Waals surface area contributed by atoms with E-state index in [0.29, 0.717) is 5.92 Å². The first-order valence-electron chi connectivity index (χ1n) is 9.10. The summed E-state index contributed by atoms with van der Waals surface area (Å²) in [6, 6.07) is 6.94. The summed E-state index contributed by atoms with van der Waals surface area (Å²) in [7, 11) is 0.890. The van der Waals surface area contributed by atoms with Gasteiger partial charge in [-0.15, -0.1) is 0 Å². The molecule has 1 fully saturated rings. The summed E-state index contributed by atoms with van der Waals surface area (Å²) in [5.74, 6) is -0.948. The molecule has 27 heavy (non-hydrogen) atoms. The summed E-state index contributed by atoms with van der Waals surface area (Å²) in [5.41, 5.74) is -2.71. The van der Waals surface area contributed by atoms with Crippen LogP contribution in [0.2, 0.25) is 0 Å². The second kappa shape index (κ2) is 6.66. The van der Waals surface area contributed by atoms with Crippen molar-refractivity contribution < 1.29 is 27.4 Å². The van der Waals surface area contributed by atoms with Gasteiger partial charge in [-0.05, 0) is 36.7 Å². The lowest BCUT2D eigenvalue weighted by atomic mass is 9.53. The standard InChI is InChI=1S/C21H25F3O3/c1-13-10-11-15-12-16(19(15,2)3)17(13)27-18(25)20(26-4,21(22,23)24)14-8-6-5-7-9-14/h5-10,15-17H,11-12H2,1-4H3/t15-,16-,17-,20+/m1/s1. The Kier molecular flexibility index (Phi) is 4.91. The number of rotatable bonds is 4. The minimum absolute atomic E-state index is 0.00348. The monoisotopic (exact) mass is 382 g/mol. The third-order valence-corrected chi connectivity index (χ3v) is 6.49. The molecule has 1 aromatic carbocycles. The van der Waals surface area contributed by atoms with Crippen molar-refractivity contribution in [2.24, 2.45) is 17.3 Å². The first-order valence-corrected chi connectivity index (χ1v) is 9.10. The fourth-order valence-corrected chi connectivity index (χ4v) is 4.49. The minimum Gasteiger partial charge on any atom is -0.455 e. The van der Waals surface area contributed by atoms with Crippen LogP contribution in [0.4, 0.5) is 13.2 Å². The normalized spacial score (nSPS) is 29.0. The highest BCUT2D eigenvalue weighted by Crippen LogP contribution is 2.58. The molecule has 4 atom stereocenters. The van der Waals surface area contributed by atoms with E-state index in [2.05, 4.69) is 13.8 Å². The van der Waals surface area contributed by atoms with Crippen LogP contribution in [0.3, 0.4) is 0 Å². The number of methoxy groups -OCH3 is 1. The van der Waals surface area contributed by atoms with Crippen LogP contribution in [0.25, 0.3) is 0 Å². The van der Waals surface area contributed by atoms with Crippen molar-refractivity contribution in [3.05, 3.63) is 47.5 Å². The number of ether oxygens (including phenoxy) is 2. The van der Waals surface area contributed by atoms with Gasteiger partial charge >= 0.3 is 12.1 Å². The van der Waals surface area contributed by atoms with E-state index in [9.17, 15) is 18.0 Å². The number of fused-ring (bicyclic) bond motifs is 2. The van der Waals surface area contributed by atoms with Crippen LogP contribution in [-0.2, 0) is 19.9 Å². The highest BCUT2D eigenvalue weighted by molar-refractivity contribution is 5.83. The Balaban J connectivity index is 1.98. The van der Waals surface area contributed by atoms with E-state index in [0.717, 1.165) is 25.5 Å². The van der Waals surface area contributed by atoms with E-state index in [4.69, 9.17) is 9.47 Å². The molecular formula is C21H25F3O3. The second-order valence-corrected chi connectivity index (χ2v) is 8.12. The number of allylic oxidation sites excluding steroid dienone is 1. The Morgan fingerprint density at radius 3 is 2.33 bits per heavy atom. The summed E-state index contributed by atoms with van der Waals surface area (Å²) in [6.45, 7) is 5.99. The van der Waals surface area contributed by atoms with Gasteiger partial charge in [0.25, 0.3) is 5.60 Å². The van der Waals surface area contributed by atoms with Crippen LogP contribution in [0.5, 0.6) is 0 Å². The second-order valence-electron chi connectivity index (χ2n) is 8.12. The van der Waals surface area contributed by atoms with Gasteiger partial charge in [0.1, 0.15) is 6.10 Å². The van der Waals surface area contributed by atoms with E-state index >= 15 is 0 Å². The first-order chi connectivity index (χ1) is 12.6. The van der Waals surface area contributed by atoms with E-state index in [1.807, 2.05) is 13.0 Å². The van der Waals surface area contributed by atoms with Gasteiger partial charge in [-0.2, -0.15) is 13.2 Å². The minimum atomic E-state index is -4.96. The third kappa shape index (κ3) is 2.98. The van der Waals surface area contributed by atoms with Crippen molar-refractivity contribution in [1.82, 2.24) is 0 Å². The molecule has 6 heteroatoms. The predicted molar refractivity (Wildman–Crippen MR) is 94.8 cm³/mol. The van der Waals surface area contributed by atoms with Gasteiger partial charge in [-0.1, -0.05) is 50.3 Å². The molecule has 0 aromatic heterocycles. The molecule has 0 radical (unpaired) electrons. The quantitative estimate of drug-likeness (QED) is 0.542. The predicted octanol–water partition coefficient (Wildman–Crippen LogP) is 5.01. The van der Waals surface area contributed by atoms with Gasteiger partial charge in [0.15, 0.2) is 0 Å². The Bertz CT molecular complexity index is 739. The molecule has 148 valence electrons. The van der Waals surface area contributed by atoms with Crippen molar-refractivity contribution in [2.75, 3.05) is 7.11 Å². The topological polar surface area (TPSA) is 35.5 Å². The highest BCUT2D eigenvalue weighted by Gasteiger charge is 2.65. The summed E-state index contributed by atoms with van der Waals surface area (Å²) in [5, 5.41) is 0. The molecule has 0 heterocycles. The summed E-state index contributed by atoms with van der Waals surface area (Å²) < 4.78 is 52.6. The number of hydrogen-bond donors (Lipinski definition) is 0. The molecular weight excluding hydrogens is 357 g/mol. The number of halogens is 3. The molecule has 0 amide bonds. The first kappa shape index (κ1) is 19.9. The number of benzene rings is 1. The number of carbonyl (C=O) groups excluding carboxylic acids is 1. The van der Waals surface area contributed by atoms with Crippen molar-refractivity contribution >= 4 is 5.97 Å². The third-order valence-electron chi connectivity index (χ3n) is 6.49. The van der Waals surface area contributed by atoms with E-state index < -0.39 is 23.9 Å². The SMILES string of the molecule is CO[C@](C(=O)O[C@@H]1C(C)=CC[C@@H]2C[C@H]1C2(C)C)(c1ccccc1)C(F)(F)F. The zero-order valence-electron chi connectivity index (χ0n) is 16.0. The molecule has 3 nitrogen and oxygen atoms in total. The fourth-order valence-electron chi connectivity index (χ4n) is 4.49. The van der Waals surface area contributed by atoms with E-state index in [-0.39, 0.29) is 16.9 Å². The van der Waals surface area contributed by atoms with Crippen LogP contribution < -0.4 is 0 Å². The van der Waals surface area contributed by atoms with Crippen LogP contribution in [-0.4, -0.2) is 25.4 Å². The van der Waals surface area contributed by atoms with Gasteiger partial charge < -0.3 is 9.47 Å². The molecule has 0 aliphatic heterocycles. The van der Waals surface area contributed by atoms with Gasteiger partial charge in [0.2, 0.25) is 0 Å². The van der Waals surface area contributed by atoms with Gasteiger partial charge in [-0.25, -0.2) is 4.79 Å². The van der Waals surface area contributed by atoms with Gasteiger partial charge in [0.05, 0.1) is 0 Å². The highest BCUT2D eigenvalue weighted by atomic mass is 19.4. The molecule has 1 saturated carbocycles. The lowest BCUT2D eigenvalue weighted by Crippen LogP contribution is -2.55. The van der Waals surface area contributed by atoms with Gasteiger partial charge in [-0.3, -0.25) is 0 Å². The zero-order chi connectivity index (χ0) is 20.0. The molecule has 0 spiro atoms. The molecule has 3 aliphatic rings. The van der Waals surface area contributed by atoms with Crippen LogP contribution in [0, 0.1) is 17.3 Å². The van der Waals surface area contributed by atoms with Crippen LogP contribution in [0.1, 0.15) is 39.2 Å². The van der Waals surface area contributed by atoms with Crippen LogP contribution >= 0.6 is 0 Å². The Morgan fingerprint density at radius 1 is 1.19 bits per heavy atom. The van der Waals surface area contributed by atoms with E-state index in [1.54, 1.807) is 6.07 Å². The molecule has 1 aromatic rings. The number of esters is 1. The Hall–Kier alpha value is -1.82. The summed E-state index contributed by atoms with van der Waals surface area (Å²) in [4.78, 5) is 12.9. The molecule has 4 rings (SSSR count).